The Morgan fingerprint density at radius 2 is 2.05 bits per heavy atom. The lowest BCUT2D eigenvalue weighted by atomic mass is 10.0. The van der Waals surface area contributed by atoms with Gasteiger partial charge in [0, 0.05) is 5.54 Å². The lowest BCUT2D eigenvalue weighted by Gasteiger charge is -2.22. The molecule has 110 valence electrons. The van der Waals surface area contributed by atoms with Gasteiger partial charge in [0.15, 0.2) is 0 Å². The Kier molecular flexibility index (Phi) is 4.48. The topological polar surface area (TPSA) is 38.3 Å². The van der Waals surface area contributed by atoms with Crippen LogP contribution in [0, 0.1) is 6.92 Å². The standard InChI is InChI=1S/C17H25NO2/c1-12(2)20-14(4)16(19)18-17(8-9-17)11-15-7-5-6-13(3)10-15/h5-7,10,12,14H,8-9,11H2,1-4H3,(H,18,19)/t14-/m1/s1. The number of hydrogen-bond acceptors (Lipinski definition) is 2. The van der Waals surface area contributed by atoms with E-state index in [2.05, 4.69) is 36.5 Å². The monoisotopic (exact) mass is 275 g/mol. The molecule has 1 aromatic rings. The molecule has 0 bridgehead atoms. The van der Waals surface area contributed by atoms with E-state index in [1.807, 2.05) is 20.8 Å². The molecule has 1 N–H and O–H groups in total. The molecule has 1 aliphatic carbocycles. The minimum Gasteiger partial charge on any atom is -0.366 e. The quantitative estimate of drug-likeness (QED) is 0.866. The molecule has 3 heteroatoms. The third-order valence-corrected chi connectivity index (χ3v) is 3.71. The predicted octanol–water partition coefficient (Wildman–Crippen LogP) is 3.00. The number of hydrogen-bond donors (Lipinski definition) is 1. The molecule has 20 heavy (non-hydrogen) atoms. The summed E-state index contributed by atoms with van der Waals surface area (Å²) in [5.74, 6) is 0.00357. The molecule has 0 heterocycles. The maximum atomic E-state index is 12.2. The molecule has 0 radical (unpaired) electrons. The van der Waals surface area contributed by atoms with Crippen molar-refractivity contribution in [2.75, 3.05) is 0 Å². The van der Waals surface area contributed by atoms with Gasteiger partial charge in [0.25, 0.3) is 0 Å². The van der Waals surface area contributed by atoms with Gasteiger partial charge in [-0.25, -0.2) is 0 Å². The summed E-state index contributed by atoms with van der Waals surface area (Å²) in [5.41, 5.74) is 2.51. The molecule has 2 rings (SSSR count). The van der Waals surface area contributed by atoms with Crippen LogP contribution in [0.3, 0.4) is 0 Å². The Balaban J connectivity index is 1.93. The van der Waals surface area contributed by atoms with Gasteiger partial charge in [-0.2, -0.15) is 0 Å². The molecule has 1 amide bonds. The zero-order valence-electron chi connectivity index (χ0n) is 12.9. The molecule has 1 atom stereocenters. The molecule has 0 aliphatic heterocycles. The first-order chi connectivity index (χ1) is 9.40. The zero-order chi connectivity index (χ0) is 14.8. The fourth-order valence-electron chi connectivity index (χ4n) is 2.54. The molecular weight excluding hydrogens is 250 g/mol. The van der Waals surface area contributed by atoms with Gasteiger partial charge >= 0.3 is 0 Å². The van der Waals surface area contributed by atoms with E-state index < -0.39 is 0 Å². The van der Waals surface area contributed by atoms with Crippen LogP contribution in [0.2, 0.25) is 0 Å². The van der Waals surface area contributed by atoms with Gasteiger partial charge in [0.05, 0.1) is 6.10 Å². The van der Waals surface area contributed by atoms with Crippen molar-refractivity contribution in [3.8, 4) is 0 Å². The highest BCUT2D eigenvalue weighted by atomic mass is 16.5. The van der Waals surface area contributed by atoms with Gasteiger partial charge in [-0.1, -0.05) is 29.8 Å². The number of rotatable bonds is 6. The summed E-state index contributed by atoms with van der Waals surface area (Å²) in [6.07, 6.45) is 2.71. The third kappa shape index (κ3) is 4.07. The molecule has 3 nitrogen and oxygen atoms in total. The van der Waals surface area contributed by atoms with Crippen LogP contribution in [-0.2, 0) is 16.0 Å². The van der Waals surface area contributed by atoms with E-state index >= 15 is 0 Å². The van der Waals surface area contributed by atoms with Crippen LogP contribution in [0.25, 0.3) is 0 Å². The van der Waals surface area contributed by atoms with E-state index in [4.69, 9.17) is 4.74 Å². The maximum Gasteiger partial charge on any atom is 0.249 e. The highest BCUT2D eigenvalue weighted by Gasteiger charge is 2.44. The molecule has 1 aromatic carbocycles. The molecular formula is C17H25NO2. The summed E-state index contributed by atoms with van der Waals surface area (Å²) in [7, 11) is 0. The summed E-state index contributed by atoms with van der Waals surface area (Å²) in [6, 6.07) is 8.50. The van der Waals surface area contributed by atoms with Gasteiger partial charge in [-0.05, 0) is 52.5 Å². The number of carbonyl (C=O) groups is 1. The Morgan fingerprint density at radius 1 is 1.35 bits per heavy atom. The average molecular weight is 275 g/mol. The van der Waals surface area contributed by atoms with Crippen LogP contribution in [0.15, 0.2) is 24.3 Å². The van der Waals surface area contributed by atoms with Gasteiger partial charge in [0.1, 0.15) is 6.10 Å². The minimum atomic E-state index is -0.384. The molecule has 0 spiro atoms. The zero-order valence-corrected chi connectivity index (χ0v) is 12.9. The normalized spacial score (nSPS) is 17.9. The summed E-state index contributed by atoms with van der Waals surface area (Å²) in [5, 5.41) is 3.18. The molecule has 0 aromatic heterocycles. The molecule has 1 saturated carbocycles. The number of aryl methyl sites for hydroxylation is 1. The van der Waals surface area contributed by atoms with E-state index in [9.17, 15) is 4.79 Å². The van der Waals surface area contributed by atoms with E-state index in [1.165, 1.54) is 11.1 Å². The van der Waals surface area contributed by atoms with Crippen LogP contribution >= 0.6 is 0 Å². The van der Waals surface area contributed by atoms with Gasteiger partial charge in [0.2, 0.25) is 5.91 Å². The number of benzene rings is 1. The predicted molar refractivity (Wildman–Crippen MR) is 80.7 cm³/mol. The fourth-order valence-corrected chi connectivity index (χ4v) is 2.54. The molecule has 1 aliphatic rings. The largest absolute Gasteiger partial charge is 0.366 e. The van der Waals surface area contributed by atoms with Crippen molar-refractivity contribution in [1.82, 2.24) is 5.32 Å². The maximum absolute atomic E-state index is 12.2. The van der Waals surface area contributed by atoms with E-state index in [0.717, 1.165) is 19.3 Å². The minimum absolute atomic E-state index is 0.00357. The van der Waals surface area contributed by atoms with Crippen LogP contribution in [0.5, 0.6) is 0 Å². The van der Waals surface area contributed by atoms with Crippen molar-refractivity contribution in [1.29, 1.82) is 0 Å². The Bertz CT molecular complexity index is 478. The van der Waals surface area contributed by atoms with E-state index in [0.29, 0.717) is 0 Å². The molecule has 1 fully saturated rings. The average Bonchev–Trinajstić information content (AvgIpc) is 3.07. The highest BCUT2D eigenvalue weighted by Crippen LogP contribution is 2.38. The first kappa shape index (κ1) is 15.0. The first-order valence-corrected chi connectivity index (χ1v) is 7.43. The second-order valence-electron chi connectivity index (χ2n) is 6.26. The van der Waals surface area contributed by atoms with E-state index in [-0.39, 0.29) is 23.7 Å². The second kappa shape index (κ2) is 5.96. The summed E-state index contributed by atoms with van der Waals surface area (Å²) in [4.78, 5) is 12.2. The Hall–Kier alpha value is -1.35. The van der Waals surface area contributed by atoms with Crippen LogP contribution in [0.1, 0.15) is 44.7 Å². The molecule has 0 saturated heterocycles. The van der Waals surface area contributed by atoms with Crippen LogP contribution < -0.4 is 5.32 Å². The van der Waals surface area contributed by atoms with Crippen molar-refractivity contribution >= 4 is 5.91 Å². The van der Waals surface area contributed by atoms with Gasteiger partial charge in [-0.15, -0.1) is 0 Å². The highest BCUT2D eigenvalue weighted by molar-refractivity contribution is 5.81. The lowest BCUT2D eigenvalue weighted by Crippen LogP contribution is -2.44. The van der Waals surface area contributed by atoms with Gasteiger partial charge in [-0.3, -0.25) is 4.79 Å². The van der Waals surface area contributed by atoms with Gasteiger partial charge < -0.3 is 10.1 Å². The van der Waals surface area contributed by atoms with Crippen molar-refractivity contribution in [3.05, 3.63) is 35.4 Å². The molecule has 0 unspecified atom stereocenters. The van der Waals surface area contributed by atoms with Crippen molar-refractivity contribution < 1.29 is 9.53 Å². The van der Waals surface area contributed by atoms with Crippen LogP contribution in [0.4, 0.5) is 0 Å². The third-order valence-electron chi connectivity index (χ3n) is 3.71. The summed E-state index contributed by atoms with van der Waals surface area (Å²) in [6.45, 7) is 7.81. The fraction of sp³-hybridized carbons (Fsp3) is 0.588. The Morgan fingerprint density at radius 3 is 2.60 bits per heavy atom. The summed E-state index contributed by atoms with van der Waals surface area (Å²) < 4.78 is 5.54. The number of carbonyl (C=O) groups excluding carboxylic acids is 1. The van der Waals surface area contributed by atoms with Crippen molar-refractivity contribution in [3.63, 3.8) is 0 Å². The van der Waals surface area contributed by atoms with E-state index in [1.54, 1.807) is 0 Å². The van der Waals surface area contributed by atoms with Crippen molar-refractivity contribution in [2.24, 2.45) is 0 Å². The first-order valence-electron chi connectivity index (χ1n) is 7.43. The SMILES string of the molecule is Cc1cccc(CC2(NC(=O)[C@@H](C)OC(C)C)CC2)c1. The summed E-state index contributed by atoms with van der Waals surface area (Å²) >= 11 is 0. The second-order valence-corrected chi connectivity index (χ2v) is 6.26. The number of ether oxygens (including phenoxy) is 1. The number of nitrogens with one attached hydrogen (secondary N) is 1. The smallest absolute Gasteiger partial charge is 0.249 e. The van der Waals surface area contributed by atoms with Crippen LogP contribution in [-0.4, -0.2) is 23.7 Å². The number of amides is 1. The Labute approximate surface area is 121 Å². The van der Waals surface area contributed by atoms with Crippen molar-refractivity contribution in [2.45, 2.75) is 64.7 Å². The lowest BCUT2D eigenvalue weighted by molar-refractivity contribution is -0.135.